The molecule has 2 rings (SSSR count). The van der Waals surface area contributed by atoms with Crippen molar-refractivity contribution in [1.29, 1.82) is 0 Å². The van der Waals surface area contributed by atoms with Crippen molar-refractivity contribution in [3.8, 4) is 0 Å². The van der Waals surface area contributed by atoms with E-state index in [9.17, 15) is 9.90 Å². The van der Waals surface area contributed by atoms with Crippen LogP contribution in [0.1, 0.15) is 11.6 Å². The minimum atomic E-state index is -0.896. The highest BCUT2D eigenvalue weighted by Crippen LogP contribution is 2.23. The van der Waals surface area contributed by atoms with Crippen molar-refractivity contribution in [3.63, 3.8) is 0 Å². The molecule has 1 aromatic heterocycles. The number of carbonyl (C=O) groups excluding carboxylic acids is 1. The molecule has 0 bridgehead atoms. The number of carbonyl (C=O) groups is 1. The van der Waals surface area contributed by atoms with E-state index in [0.717, 1.165) is 5.56 Å². The first-order chi connectivity index (χ1) is 5.79. The van der Waals surface area contributed by atoms with Crippen LogP contribution in [0.5, 0.6) is 0 Å². The molecule has 1 saturated heterocycles. The van der Waals surface area contributed by atoms with Crippen molar-refractivity contribution in [1.82, 2.24) is 10.3 Å². The first-order valence-corrected chi connectivity index (χ1v) is 3.67. The van der Waals surface area contributed by atoms with E-state index in [0.29, 0.717) is 0 Å². The van der Waals surface area contributed by atoms with E-state index >= 15 is 0 Å². The third-order valence-corrected chi connectivity index (χ3v) is 1.95. The number of nitrogens with zero attached hydrogens (tertiary/aromatic N) is 1. The number of aliphatic hydroxyl groups is 1. The Bertz CT molecular complexity index is 299. The quantitative estimate of drug-likeness (QED) is 0.556. The van der Waals surface area contributed by atoms with Gasteiger partial charge in [0.15, 0.2) is 6.10 Å². The van der Waals surface area contributed by atoms with Gasteiger partial charge in [-0.05, 0) is 17.7 Å². The van der Waals surface area contributed by atoms with E-state index < -0.39 is 6.10 Å². The van der Waals surface area contributed by atoms with Gasteiger partial charge in [0.2, 0.25) is 0 Å². The van der Waals surface area contributed by atoms with E-state index in [2.05, 4.69) is 10.3 Å². The summed E-state index contributed by atoms with van der Waals surface area (Å²) in [5, 5.41) is 11.8. The average molecular weight is 164 g/mol. The maximum absolute atomic E-state index is 10.6. The van der Waals surface area contributed by atoms with Crippen LogP contribution in [0.4, 0.5) is 0 Å². The second kappa shape index (κ2) is 2.57. The predicted molar refractivity (Wildman–Crippen MR) is 41.1 cm³/mol. The van der Waals surface area contributed by atoms with E-state index in [1.165, 1.54) is 0 Å². The molecule has 0 aromatic carbocycles. The third kappa shape index (κ3) is 0.967. The highest BCUT2D eigenvalue weighted by Gasteiger charge is 2.38. The zero-order chi connectivity index (χ0) is 8.55. The van der Waals surface area contributed by atoms with Crippen LogP contribution in [0.15, 0.2) is 24.5 Å². The first kappa shape index (κ1) is 7.24. The molecule has 1 amide bonds. The van der Waals surface area contributed by atoms with Gasteiger partial charge in [-0.25, -0.2) is 0 Å². The molecular weight excluding hydrogens is 156 g/mol. The van der Waals surface area contributed by atoms with Crippen LogP contribution in [-0.4, -0.2) is 22.1 Å². The van der Waals surface area contributed by atoms with E-state index in [-0.39, 0.29) is 11.9 Å². The molecule has 1 aromatic rings. The van der Waals surface area contributed by atoms with Gasteiger partial charge < -0.3 is 10.4 Å². The molecule has 1 aliphatic heterocycles. The number of aliphatic hydroxyl groups excluding tert-OH is 1. The summed E-state index contributed by atoms with van der Waals surface area (Å²) in [5.41, 5.74) is 0.886. The standard InChI is InChI=1S/C8H8N2O2/c11-7-6(10-8(7)12)5-1-3-9-4-2-5/h1-4,6-7,11H,(H,10,12). The van der Waals surface area contributed by atoms with Crippen molar-refractivity contribution < 1.29 is 9.90 Å². The molecule has 1 aliphatic rings. The maximum Gasteiger partial charge on any atom is 0.251 e. The summed E-state index contributed by atoms with van der Waals surface area (Å²) in [6.45, 7) is 0. The fourth-order valence-corrected chi connectivity index (χ4v) is 1.21. The summed E-state index contributed by atoms with van der Waals surface area (Å²) >= 11 is 0. The van der Waals surface area contributed by atoms with Crippen LogP contribution in [0.25, 0.3) is 0 Å². The van der Waals surface area contributed by atoms with Crippen LogP contribution in [0, 0.1) is 0 Å². The summed E-state index contributed by atoms with van der Waals surface area (Å²) in [7, 11) is 0. The topological polar surface area (TPSA) is 62.2 Å². The van der Waals surface area contributed by atoms with Crippen molar-refractivity contribution in [2.45, 2.75) is 12.1 Å². The number of aromatic nitrogens is 1. The Balaban J connectivity index is 2.18. The Morgan fingerprint density at radius 3 is 2.58 bits per heavy atom. The number of β-lactam (4-membered cyclic amide) rings is 1. The Kier molecular flexibility index (Phi) is 1.55. The highest BCUT2D eigenvalue weighted by molar-refractivity contribution is 5.88. The molecular formula is C8H8N2O2. The first-order valence-electron chi connectivity index (χ1n) is 3.67. The van der Waals surface area contributed by atoms with E-state index in [4.69, 9.17) is 0 Å². The van der Waals surface area contributed by atoms with Gasteiger partial charge in [-0.2, -0.15) is 0 Å². The zero-order valence-corrected chi connectivity index (χ0v) is 6.27. The van der Waals surface area contributed by atoms with Gasteiger partial charge >= 0.3 is 0 Å². The summed E-state index contributed by atoms with van der Waals surface area (Å²) < 4.78 is 0. The Labute approximate surface area is 69.2 Å². The van der Waals surface area contributed by atoms with Gasteiger partial charge in [-0.15, -0.1) is 0 Å². The lowest BCUT2D eigenvalue weighted by molar-refractivity contribution is -0.142. The second-order valence-electron chi connectivity index (χ2n) is 2.71. The molecule has 2 heterocycles. The normalized spacial score (nSPS) is 27.6. The molecule has 0 saturated carbocycles. The number of rotatable bonds is 1. The fraction of sp³-hybridized carbons (Fsp3) is 0.250. The lowest BCUT2D eigenvalue weighted by Gasteiger charge is -2.32. The number of hydrogen-bond donors (Lipinski definition) is 2. The van der Waals surface area contributed by atoms with Gasteiger partial charge in [0.25, 0.3) is 5.91 Å². The van der Waals surface area contributed by atoms with Crippen LogP contribution in [0.2, 0.25) is 0 Å². The van der Waals surface area contributed by atoms with Gasteiger partial charge in [0, 0.05) is 12.4 Å². The van der Waals surface area contributed by atoms with Gasteiger partial charge in [-0.1, -0.05) is 0 Å². The van der Waals surface area contributed by atoms with Crippen LogP contribution in [0.3, 0.4) is 0 Å². The predicted octanol–water partition coefficient (Wildman–Crippen LogP) is -0.387. The molecule has 12 heavy (non-hydrogen) atoms. The SMILES string of the molecule is O=C1NC(c2ccncc2)C1O. The lowest BCUT2D eigenvalue weighted by atomic mass is 9.95. The average Bonchev–Trinajstić information content (AvgIpc) is 2.15. The van der Waals surface area contributed by atoms with E-state index in [1.807, 2.05) is 0 Å². The highest BCUT2D eigenvalue weighted by atomic mass is 16.3. The second-order valence-corrected chi connectivity index (χ2v) is 2.71. The smallest absolute Gasteiger partial charge is 0.251 e. The van der Waals surface area contributed by atoms with Gasteiger partial charge in [-0.3, -0.25) is 9.78 Å². The van der Waals surface area contributed by atoms with Crippen LogP contribution < -0.4 is 5.32 Å². The molecule has 62 valence electrons. The number of nitrogens with one attached hydrogen (secondary N) is 1. The van der Waals surface area contributed by atoms with Gasteiger partial charge in [0.1, 0.15) is 0 Å². The summed E-state index contributed by atoms with van der Waals surface area (Å²) in [6, 6.07) is 3.29. The molecule has 2 unspecified atom stereocenters. The molecule has 2 atom stereocenters. The van der Waals surface area contributed by atoms with Crippen molar-refractivity contribution in [2.75, 3.05) is 0 Å². The van der Waals surface area contributed by atoms with Crippen LogP contribution >= 0.6 is 0 Å². The minimum absolute atomic E-state index is 0.250. The fourth-order valence-electron chi connectivity index (χ4n) is 1.21. The van der Waals surface area contributed by atoms with Crippen LogP contribution in [-0.2, 0) is 4.79 Å². The third-order valence-electron chi connectivity index (χ3n) is 1.95. The minimum Gasteiger partial charge on any atom is -0.381 e. The Morgan fingerprint density at radius 2 is 2.08 bits per heavy atom. The van der Waals surface area contributed by atoms with Crippen molar-refractivity contribution in [2.24, 2.45) is 0 Å². The Morgan fingerprint density at radius 1 is 1.42 bits per heavy atom. The lowest BCUT2D eigenvalue weighted by Crippen LogP contribution is -2.55. The number of hydrogen-bond acceptors (Lipinski definition) is 3. The molecule has 0 spiro atoms. The molecule has 4 heteroatoms. The maximum atomic E-state index is 10.6. The number of amides is 1. The largest absolute Gasteiger partial charge is 0.381 e. The molecule has 1 fully saturated rings. The molecule has 4 nitrogen and oxygen atoms in total. The monoisotopic (exact) mass is 164 g/mol. The number of pyridine rings is 1. The molecule has 2 N–H and O–H groups in total. The van der Waals surface area contributed by atoms with Crippen molar-refractivity contribution >= 4 is 5.91 Å². The zero-order valence-electron chi connectivity index (χ0n) is 6.27. The molecule has 0 radical (unpaired) electrons. The Hall–Kier alpha value is -1.42. The van der Waals surface area contributed by atoms with E-state index in [1.54, 1.807) is 24.5 Å². The molecule has 0 aliphatic carbocycles. The van der Waals surface area contributed by atoms with Crippen molar-refractivity contribution in [3.05, 3.63) is 30.1 Å². The summed E-state index contributed by atoms with van der Waals surface area (Å²) in [6.07, 6.45) is 2.37. The summed E-state index contributed by atoms with van der Waals surface area (Å²) in [4.78, 5) is 14.5. The summed E-state index contributed by atoms with van der Waals surface area (Å²) in [5.74, 6) is -0.309. The van der Waals surface area contributed by atoms with Gasteiger partial charge in [0.05, 0.1) is 6.04 Å².